The predicted molar refractivity (Wildman–Crippen MR) is 176 cm³/mol. The molecule has 2 N–H and O–H groups in total. The molecule has 0 radical (unpaired) electrons. The fraction of sp³-hybridized carbons (Fsp3) is 0.118. The average molecular weight is 653 g/mol. The van der Waals surface area contributed by atoms with E-state index in [1.54, 1.807) is 72.8 Å². The van der Waals surface area contributed by atoms with E-state index >= 15 is 0 Å². The molecule has 5 rings (SSSR count). The summed E-state index contributed by atoms with van der Waals surface area (Å²) in [5, 5.41) is 15.7. The summed E-state index contributed by atoms with van der Waals surface area (Å²) in [4.78, 5) is 64.7. The molecule has 13 heteroatoms. The summed E-state index contributed by atoms with van der Waals surface area (Å²) in [7, 11) is 2.96. The molecule has 12 nitrogen and oxygen atoms in total. The smallest absolute Gasteiger partial charge is 0.272 e. The quantitative estimate of drug-likeness (QED) is 0.0931. The molecule has 0 aliphatic carbocycles. The van der Waals surface area contributed by atoms with Gasteiger partial charge >= 0.3 is 0 Å². The van der Waals surface area contributed by atoms with Crippen molar-refractivity contribution in [3.8, 4) is 11.5 Å². The van der Waals surface area contributed by atoms with Crippen LogP contribution in [0.3, 0.4) is 0 Å². The second-order valence-electron chi connectivity index (χ2n) is 10.1. The van der Waals surface area contributed by atoms with E-state index in [2.05, 4.69) is 10.6 Å². The number of hydrogen-bond acceptors (Lipinski definition) is 9. The number of ether oxygens (including phenoxy) is 2. The van der Waals surface area contributed by atoms with E-state index in [1.807, 2.05) is 0 Å². The van der Waals surface area contributed by atoms with E-state index < -0.39 is 33.8 Å². The van der Waals surface area contributed by atoms with Gasteiger partial charge in [-0.25, -0.2) is 4.90 Å². The molecule has 0 bridgehead atoms. The van der Waals surface area contributed by atoms with Crippen molar-refractivity contribution in [3.63, 3.8) is 0 Å². The van der Waals surface area contributed by atoms with Crippen molar-refractivity contribution in [2.45, 2.75) is 16.6 Å². The van der Waals surface area contributed by atoms with Crippen LogP contribution in [-0.4, -0.2) is 48.0 Å². The molecule has 0 unspecified atom stereocenters. The Morgan fingerprint density at radius 3 is 2.34 bits per heavy atom. The Kier molecular flexibility index (Phi) is 9.96. The van der Waals surface area contributed by atoms with E-state index in [0.717, 1.165) is 16.7 Å². The highest BCUT2D eigenvalue weighted by Crippen LogP contribution is 2.36. The van der Waals surface area contributed by atoms with Gasteiger partial charge in [-0.2, -0.15) is 0 Å². The summed E-state index contributed by atoms with van der Waals surface area (Å²) in [5.41, 5.74) is 1.23. The van der Waals surface area contributed by atoms with Crippen LogP contribution in [0.4, 0.5) is 17.1 Å². The molecule has 4 aromatic carbocycles. The van der Waals surface area contributed by atoms with E-state index in [9.17, 15) is 29.3 Å². The number of nitrogens with one attached hydrogen (secondary N) is 2. The summed E-state index contributed by atoms with van der Waals surface area (Å²) in [6, 6.07) is 25.5. The van der Waals surface area contributed by atoms with Crippen LogP contribution in [0.15, 0.2) is 108 Å². The van der Waals surface area contributed by atoms with Gasteiger partial charge in [0.1, 0.15) is 5.70 Å². The van der Waals surface area contributed by atoms with Crippen molar-refractivity contribution in [2.24, 2.45) is 0 Å². The van der Waals surface area contributed by atoms with Crippen LogP contribution in [0.5, 0.6) is 11.5 Å². The average Bonchev–Trinajstić information content (AvgIpc) is 3.36. The number of imide groups is 1. The van der Waals surface area contributed by atoms with Gasteiger partial charge in [-0.05, 0) is 54.6 Å². The second-order valence-corrected chi connectivity index (χ2v) is 11.4. The SMILES string of the molecule is COc1cccc(/C=C(\NC(=O)c2ccccc2)C(=O)Nc2cccc(S[C@@H]3CC(=O)N(c4ccc([N+](=O)[O-])cc4)C3=O)c2)c1OC. The van der Waals surface area contributed by atoms with Crippen molar-refractivity contribution in [1.82, 2.24) is 5.32 Å². The minimum atomic E-state index is -0.746. The van der Waals surface area contributed by atoms with Crippen molar-refractivity contribution in [3.05, 3.63) is 124 Å². The molecular formula is C34H28N4O8S. The topological polar surface area (TPSA) is 157 Å². The number of amides is 4. The summed E-state index contributed by atoms with van der Waals surface area (Å²) in [5.74, 6) is -1.21. The number of methoxy groups -OCH3 is 2. The number of rotatable bonds is 11. The number of carbonyl (C=O) groups is 4. The van der Waals surface area contributed by atoms with Crippen molar-refractivity contribution in [1.29, 1.82) is 0 Å². The first kappa shape index (κ1) is 32.4. The van der Waals surface area contributed by atoms with Gasteiger partial charge in [-0.15, -0.1) is 11.8 Å². The molecular weight excluding hydrogens is 624 g/mol. The van der Waals surface area contributed by atoms with Gasteiger partial charge in [0.15, 0.2) is 11.5 Å². The number of carbonyl (C=O) groups excluding carboxylic acids is 4. The highest BCUT2D eigenvalue weighted by Gasteiger charge is 2.40. The summed E-state index contributed by atoms with van der Waals surface area (Å²) < 4.78 is 10.9. The lowest BCUT2D eigenvalue weighted by atomic mass is 10.1. The van der Waals surface area contributed by atoms with Gasteiger partial charge in [0.25, 0.3) is 17.5 Å². The minimum absolute atomic E-state index is 0.0706. The molecule has 1 aliphatic rings. The molecule has 1 atom stereocenters. The predicted octanol–water partition coefficient (Wildman–Crippen LogP) is 5.45. The third-order valence-corrected chi connectivity index (χ3v) is 8.24. The number of nitrogens with zero attached hydrogens (tertiary/aromatic N) is 2. The zero-order valence-electron chi connectivity index (χ0n) is 25.2. The maximum absolute atomic E-state index is 13.6. The van der Waals surface area contributed by atoms with Crippen LogP contribution >= 0.6 is 11.8 Å². The molecule has 1 fully saturated rings. The van der Waals surface area contributed by atoms with Crippen LogP contribution in [-0.2, 0) is 14.4 Å². The maximum Gasteiger partial charge on any atom is 0.272 e. The maximum atomic E-state index is 13.6. The number of hydrogen-bond donors (Lipinski definition) is 2. The first-order valence-corrected chi connectivity index (χ1v) is 15.0. The molecule has 1 aliphatic heterocycles. The van der Waals surface area contributed by atoms with Crippen LogP contribution in [0.25, 0.3) is 6.08 Å². The number of nitro groups is 1. The van der Waals surface area contributed by atoms with Gasteiger partial charge in [-0.3, -0.25) is 29.3 Å². The first-order valence-electron chi connectivity index (χ1n) is 14.2. The highest BCUT2D eigenvalue weighted by atomic mass is 32.2. The third kappa shape index (κ3) is 7.48. The summed E-state index contributed by atoms with van der Waals surface area (Å²) >= 11 is 1.15. The Hall–Kier alpha value is -5.95. The van der Waals surface area contributed by atoms with Gasteiger partial charge in [-0.1, -0.05) is 36.4 Å². The largest absolute Gasteiger partial charge is 0.493 e. The number of nitro benzene ring substituents is 1. The zero-order valence-corrected chi connectivity index (χ0v) is 26.0. The normalized spacial score (nSPS) is 14.5. The van der Waals surface area contributed by atoms with Crippen LogP contribution < -0.4 is 25.0 Å². The van der Waals surface area contributed by atoms with Gasteiger partial charge in [0, 0.05) is 40.3 Å². The Balaban J connectivity index is 1.36. The van der Waals surface area contributed by atoms with E-state index in [0.29, 0.717) is 33.2 Å². The lowest BCUT2D eigenvalue weighted by Gasteiger charge is -2.15. The van der Waals surface area contributed by atoms with Crippen molar-refractivity contribution in [2.75, 3.05) is 24.4 Å². The van der Waals surface area contributed by atoms with Gasteiger partial charge < -0.3 is 20.1 Å². The molecule has 4 amide bonds. The summed E-state index contributed by atoms with van der Waals surface area (Å²) in [6.45, 7) is 0. The monoisotopic (exact) mass is 652 g/mol. The molecule has 47 heavy (non-hydrogen) atoms. The molecule has 0 aromatic heterocycles. The lowest BCUT2D eigenvalue weighted by Crippen LogP contribution is -2.31. The first-order chi connectivity index (χ1) is 22.7. The van der Waals surface area contributed by atoms with Crippen LogP contribution in [0.1, 0.15) is 22.3 Å². The minimum Gasteiger partial charge on any atom is -0.493 e. The molecule has 1 saturated heterocycles. The van der Waals surface area contributed by atoms with Gasteiger partial charge in [0.05, 0.1) is 30.1 Å². The third-order valence-electron chi connectivity index (χ3n) is 7.06. The van der Waals surface area contributed by atoms with E-state index in [1.165, 1.54) is 44.6 Å². The van der Waals surface area contributed by atoms with Crippen molar-refractivity contribution >= 4 is 58.5 Å². The standard InChI is InChI=1S/C34H28N4O8S/c1-45-28-13-6-10-22(31(28)46-2)18-27(36-32(40)21-8-4-3-5-9-21)33(41)35-23-11-7-12-26(19-23)47-29-20-30(39)37(34(29)42)24-14-16-25(17-15-24)38(43)44/h3-19,29H,20H2,1-2H3,(H,35,41)(H,36,40)/b27-18-/t29-/m1/s1. The number of non-ortho nitro benzene ring substituents is 1. The van der Waals surface area contributed by atoms with Crippen LogP contribution in [0, 0.1) is 10.1 Å². The number of para-hydroxylation sites is 1. The summed E-state index contributed by atoms with van der Waals surface area (Å²) in [6.07, 6.45) is 1.41. The Bertz CT molecular complexity index is 1880. The Morgan fingerprint density at radius 2 is 1.66 bits per heavy atom. The fourth-order valence-electron chi connectivity index (χ4n) is 4.82. The lowest BCUT2D eigenvalue weighted by molar-refractivity contribution is -0.384. The Morgan fingerprint density at radius 1 is 0.936 bits per heavy atom. The highest BCUT2D eigenvalue weighted by molar-refractivity contribution is 8.00. The number of anilines is 2. The van der Waals surface area contributed by atoms with E-state index in [4.69, 9.17) is 9.47 Å². The fourth-order valence-corrected chi connectivity index (χ4v) is 5.94. The van der Waals surface area contributed by atoms with Gasteiger partial charge in [0.2, 0.25) is 11.8 Å². The molecule has 4 aromatic rings. The van der Waals surface area contributed by atoms with E-state index in [-0.39, 0.29) is 23.5 Å². The number of benzene rings is 4. The zero-order chi connectivity index (χ0) is 33.5. The van der Waals surface area contributed by atoms with Crippen molar-refractivity contribution < 1.29 is 33.6 Å². The molecule has 0 saturated carbocycles. The second kappa shape index (κ2) is 14.4. The molecule has 0 spiro atoms. The number of thioether (sulfide) groups is 1. The molecule has 1 heterocycles. The van der Waals surface area contributed by atoms with Crippen LogP contribution in [0.2, 0.25) is 0 Å². The molecule has 238 valence electrons. The Labute approximate surface area is 273 Å².